The van der Waals surface area contributed by atoms with Gasteiger partial charge in [-0.2, -0.15) is 0 Å². The Morgan fingerprint density at radius 3 is 2.29 bits per heavy atom. The number of carbonyl (C=O) groups is 1. The number of thioether (sulfide) groups is 1. The van der Waals surface area contributed by atoms with E-state index >= 15 is 0 Å². The lowest BCUT2D eigenvalue weighted by Crippen LogP contribution is -2.15. The Balaban J connectivity index is 2.05. The van der Waals surface area contributed by atoms with Crippen LogP contribution in [0, 0.1) is 0 Å². The molecule has 2 rings (SSSR count). The minimum absolute atomic E-state index is 0.0522. The quantitative estimate of drug-likeness (QED) is 0.632. The molecule has 0 aliphatic heterocycles. The molecular formula is C17H17NO2S. The van der Waals surface area contributed by atoms with Gasteiger partial charge in [0, 0.05) is 29.2 Å². The van der Waals surface area contributed by atoms with Crippen LogP contribution in [0.4, 0.5) is 5.69 Å². The largest absolute Gasteiger partial charge is 0.396 e. The van der Waals surface area contributed by atoms with Crippen LogP contribution in [0.1, 0.15) is 6.42 Å². The number of aliphatic hydroxyl groups excluding tert-OH is 1. The molecule has 4 heteroatoms. The van der Waals surface area contributed by atoms with Crippen LogP contribution in [0.5, 0.6) is 0 Å². The van der Waals surface area contributed by atoms with E-state index in [9.17, 15) is 4.79 Å². The number of rotatable bonds is 6. The minimum atomic E-state index is -0.182. The molecule has 0 unspecified atom stereocenters. The summed E-state index contributed by atoms with van der Waals surface area (Å²) in [6, 6.07) is 19.1. The lowest BCUT2D eigenvalue weighted by Gasteiger charge is -2.08. The molecule has 108 valence electrons. The standard InChI is InChI=1S/C17H17NO2S/c19-12-11-14(13-21-16-9-5-2-6-10-16)17(20)18-15-7-3-1-4-8-15/h1-10,13,19H,11-12H2,(H,18,20). The summed E-state index contributed by atoms with van der Waals surface area (Å²) in [5.41, 5.74) is 1.31. The van der Waals surface area contributed by atoms with Gasteiger partial charge < -0.3 is 10.4 Å². The zero-order chi connectivity index (χ0) is 14.9. The predicted octanol–water partition coefficient (Wildman–Crippen LogP) is 3.68. The first kappa shape index (κ1) is 15.4. The molecule has 0 aliphatic rings. The van der Waals surface area contributed by atoms with Gasteiger partial charge in [-0.1, -0.05) is 48.2 Å². The molecule has 0 atom stereocenters. The summed E-state index contributed by atoms with van der Waals surface area (Å²) in [5, 5.41) is 13.7. The second kappa shape index (κ2) is 8.29. The van der Waals surface area contributed by atoms with Crippen LogP contribution in [0.25, 0.3) is 0 Å². The molecule has 0 bridgehead atoms. The fraction of sp³-hybridized carbons (Fsp3) is 0.118. The van der Waals surface area contributed by atoms with Gasteiger partial charge in [-0.05, 0) is 29.7 Å². The summed E-state index contributed by atoms with van der Waals surface area (Å²) in [4.78, 5) is 13.3. The van der Waals surface area contributed by atoms with E-state index in [2.05, 4.69) is 5.32 Å². The number of anilines is 1. The van der Waals surface area contributed by atoms with Crippen LogP contribution in [0.15, 0.2) is 76.5 Å². The van der Waals surface area contributed by atoms with Crippen molar-refractivity contribution in [3.63, 3.8) is 0 Å². The molecule has 2 N–H and O–H groups in total. The van der Waals surface area contributed by atoms with Crippen molar-refractivity contribution in [2.45, 2.75) is 11.3 Å². The zero-order valence-corrected chi connectivity index (χ0v) is 12.3. The molecule has 3 nitrogen and oxygen atoms in total. The van der Waals surface area contributed by atoms with Crippen molar-refractivity contribution in [3.05, 3.63) is 71.6 Å². The van der Waals surface area contributed by atoms with Crippen LogP contribution in [-0.2, 0) is 4.79 Å². The number of para-hydroxylation sites is 1. The molecular weight excluding hydrogens is 282 g/mol. The molecule has 21 heavy (non-hydrogen) atoms. The molecule has 2 aromatic carbocycles. The number of benzene rings is 2. The van der Waals surface area contributed by atoms with Crippen LogP contribution in [0.3, 0.4) is 0 Å². The van der Waals surface area contributed by atoms with E-state index in [1.165, 1.54) is 11.8 Å². The normalized spacial score (nSPS) is 11.2. The van der Waals surface area contributed by atoms with Gasteiger partial charge in [0.15, 0.2) is 0 Å². The van der Waals surface area contributed by atoms with Crippen molar-refractivity contribution >= 4 is 23.4 Å². The molecule has 0 heterocycles. The van der Waals surface area contributed by atoms with Gasteiger partial charge in [-0.15, -0.1) is 0 Å². The van der Waals surface area contributed by atoms with Crippen molar-refractivity contribution in [1.82, 2.24) is 0 Å². The third-order valence-corrected chi connectivity index (χ3v) is 3.73. The Morgan fingerprint density at radius 1 is 1.05 bits per heavy atom. The smallest absolute Gasteiger partial charge is 0.252 e. The Bertz CT molecular complexity index is 597. The molecule has 0 saturated carbocycles. The summed E-state index contributed by atoms with van der Waals surface area (Å²) in [6.07, 6.45) is 0.332. The van der Waals surface area contributed by atoms with Gasteiger partial charge in [0.1, 0.15) is 0 Å². The van der Waals surface area contributed by atoms with Crippen molar-refractivity contribution in [2.24, 2.45) is 0 Å². The van der Waals surface area contributed by atoms with Crippen molar-refractivity contribution < 1.29 is 9.90 Å². The molecule has 0 radical (unpaired) electrons. The van der Waals surface area contributed by atoms with Crippen molar-refractivity contribution in [3.8, 4) is 0 Å². The maximum Gasteiger partial charge on any atom is 0.252 e. The first-order valence-electron chi connectivity index (χ1n) is 6.67. The maximum absolute atomic E-state index is 12.2. The number of hydrogen-bond donors (Lipinski definition) is 2. The van der Waals surface area contributed by atoms with Gasteiger partial charge in [0.05, 0.1) is 0 Å². The van der Waals surface area contributed by atoms with E-state index in [1.54, 1.807) is 5.41 Å². The predicted molar refractivity (Wildman–Crippen MR) is 87.2 cm³/mol. The molecule has 1 amide bonds. The fourth-order valence-corrected chi connectivity index (χ4v) is 2.54. The van der Waals surface area contributed by atoms with Gasteiger partial charge in [-0.3, -0.25) is 4.79 Å². The zero-order valence-electron chi connectivity index (χ0n) is 11.5. The highest BCUT2D eigenvalue weighted by Crippen LogP contribution is 2.22. The van der Waals surface area contributed by atoms with E-state index in [4.69, 9.17) is 5.11 Å². The number of aliphatic hydroxyl groups is 1. The summed E-state index contributed by atoms with van der Waals surface area (Å²) in [7, 11) is 0. The number of nitrogens with one attached hydrogen (secondary N) is 1. The lowest BCUT2D eigenvalue weighted by molar-refractivity contribution is -0.113. The van der Waals surface area contributed by atoms with Gasteiger partial charge in [0.25, 0.3) is 5.91 Å². The third kappa shape index (κ3) is 5.10. The van der Waals surface area contributed by atoms with Gasteiger partial charge >= 0.3 is 0 Å². The topological polar surface area (TPSA) is 49.3 Å². The van der Waals surface area contributed by atoms with E-state index in [0.29, 0.717) is 12.0 Å². The molecule has 2 aromatic rings. The summed E-state index contributed by atoms with van der Waals surface area (Å²) < 4.78 is 0. The maximum atomic E-state index is 12.2. The van der Waals surface area contributed by atoms with Gasteiger partial charge in [0.2, 0.25) is 0 Å². The Morgan fingerprint density at radius 2 is 1.67 bits per heavy atom. The Kier molecular flexibility index (Phi) is 6.06. The second-order valence-corrected chi connectivity index (χ2v) is 5.31. The lowest BCUT2D eigenvalue weighted by atomic mass is 10.2. The average molecular weight is 299 g/mol. The Labute approximate surface area is 128 Å². The summed E-state index contributed by atoms with van der Waals surface area (Å²) in [6.45, 7) is -0.0522. The van der Waals surface area contributed by atoms with Crippen molar-refractivity contribution in [1.29, 1.82) is 0 Å². The van der Waals surface area contributed by atoms with E-state index in [1.807, 2.05) is 60.7 Å². The molecule has 0 aliphatic carbocycles. The van der Waals surface area contributed by atoms with Crippen molar-refractivity contribution in [2.75, 3.05) is 11.9 Å². The highest BCUT2D eigenvalue weighted by molar-refractivity contribution is 8.02. The fourth-order valence-electron chi connectivity index (χ4n) is 1.72. The molecule has 0 saturated heterocycles. The number of amides is 1. The van der Waals surface area contributed by atoms with E-state index in [0.717, 1.165) is 10.6 Å². The summed E-state index contributed by atoms with van der Waals surface area (Å²) in [5.74, 6) is -0.182. The van der Waals surface area contributed by atoms with E-state index < -0.39 is 0 Å². The number of hydrogen-bond acceptors (Lipinski definition) is 3. The van der Waals surface area contributed by atoms with Gasteiger partial charge in [-0.25, -0.2) is 0 Å². The first-order valence-corrected chi connectivity index (χ1v) is 7.55. The second-order valence-electron chi connectivity index (χ2n) is 4.37. The molecule has 0 spiro atoms. The van der Waals surface area contributed by atoms with Crippen LogP contribution >= 0.6 is 11.8 Å². The highest BCUT2D eigenvalue weighted by Gasteiger charge is 2.09. The van der Waals surface area contributed by atoms with Crippen LogP contribution in [0.2, 0.25) is 0 Å². The number of carbonyl (C=O) groups excluding carboxylic acids is 1. The highest BCUT2D eigenvalue weighted by atomic mass is 32.2. The van der Waals surface area contributed by atoms with Crippen LogP contribution < -0.4 is 5.32 Å². The van der Waals surface area contributed by atoms with E-state index in [-0.39, 0.29) is 12.5 Å². The molecule has 0 aromatic heterocycles. The monoisotopic (exact) mass is 299 g/mol. The van der Waals surface area contributed by atoms with Crippen LogP contribution in [-0.4, -0.2) is 17.6 Å². The Hall–Kier alpha value is -2.04. The molecule has 0 fully saturated rings. The average Bonchev–Trinajstić information content (AvgIpc) is 2.53. The first-order chi connectivity index (χ1) is 10.3. The minimum Gasteiger partial charge on any atom is -0.396 e. The SMILES string of the molecule is O=C(Nc1ccccc1)C(=CSc1ccccc1)CCO. The third-order valence-electron chi connectivity index (χ3n) is 2.78. The summed E-state index contributed by atoms with van der Waals surface area (Å²) >= 11 is 1.47.